The Kier molecular flexibility index (Phi) is 6.07. The average Bonchev–Trinajstić information content (AvgIpc) is 3.51. The van der Waals surface area contributed by atoms with Crippen LogP contribution in [0.1, 0.15) is 47.8 Å². The molecular formula is C20H22F3N3O3S. The lowest BCUT2D eigenvalue weighted by Crippen LogP contribution is -2.35. The number of nitrogens with zero attached hydrogens (tertiary/aromatic N) is 3. The highest BCUT2D eigenvalue weighted by Crippen LogP contribution is 2.33. The number of carbonyl (C=O) groups is 1. The van der Waals surface area contributed by atoms with E-state index in [1.807, 2.05) is 0 Å². The molecule has 1 aliphatic carbocycles. The van der Waals surface area contributed by atoms with Gasteiger partial charge in [-0.15, -0.1) is 0 Å². The molecule has 0 aliphatic heterocycles. The summed E-state index contributed by atoms with van der Waals surface area (Å²) in [6.07, 6.45) is -1.73. The largest absolute Gasteiger partial charge is 0.331 e. The number of aromatic nitrogens is 2. The predicted molar refractivity (Wildman–Crippen MR) is 105 cm³/mol. The Labute approximate surface area is 172 Å². The molecule has 3 rings (SSSR count). The second-order valence-corrected chi connectivity index (χ2v) is 9.45. The van der Waals surface area contributed by atoms with Gasteiger partial charge in [-0.3, -0.25) is 4.79 Å². The number of hydrogen-bond donors (Lipinski definition) is 0. The molecule has 10 heteroatoms. The van der Waals surface area contributed by atoms with Gasteiger partial charge in [0.15, 0.2) is 9.84 Å². The molecular weight excluding hydrogens is 419 g/mol. The first-order valence-electron chi connectivity index (χ1n) is 9.39. The van der Waals surface area contributed by atoms with Crippen LogP contribution < -0.4 is 0 Å². The van der Waals surface area contributed by atoms with Gasteiger partial charge in [-0.05, 0) is 36.1 Å². The Balaban J connectivity index is 1.85. The van der Waals surface area contributed by atoms with E-state index in [0.29, 0.717) is 28.7 Å². The normalized spacial score (nSPS) is 14.2. The van der Waals surface area contributed by atoms with Crippen molar-refractivity contribution in [2.45, 2.75) is 37.1 Å². The van der Waals surface area contributed by atoms with Gasteiger partial charge < -0.3 is 4.90 Å². The summed E-state index contributed by atoms with van der Waals surface area (Å²) in [5, 5.41) is 3.44. The second kappa shape index (κ2) is 8.25. The zero-order valence-electron chi connectivity index (χ0n) is 16.6. The van der Waals surface area contributed by atoms with E-state index in [1.165, 1.54) is 17.0 Å². The van der Waals surface area contributed by atoms with Gasteiger partial charge >= 0.3 is 0 Å². The van der Waals surface area contributed by atoms with Crippen molar-refractivity contribution in [3.63, 3.8) is 0 Å². The van der Waals surface area contributed by atoms with Crippen molar-refractivity contribution in [1.82, 2.24) is 14.7 Å². The smallest absolute Gasteiger partial charge is 0.283 e. The number of aryl methyl sites for hydroxylation is 1. The molecule has 1 fully saturated rings. The Morgan fingerprint density at radius 2 is 1.90 bits per heavy atom. The maximum absolute atomic E-state index is 14.4. The minimum absolute atomic E-state index is 0.000384. The number of sulfone groups is 1. The van der Waals surface area contributed by atoms with Crippen LogP contribution in [0.15, 0.2) is 35.7 Å². The van der Waals surface area contributed by atoms with Gasteiger partial charge in [-0.2, -0.15) is 9.49 Å². The van der Waals surface area contributed by atoms with Crippen molar-refractivity contribution in [3.8, 4) is 0 Å². The minimum atomic E-state index is -3.35. The Morgan fingerprint density at radius 3 is 2.40 bits per heavy atom. The van der Waals surface area contributed by atoms with Gasteiger partial charge in [0.1, 0.15) is 11.3 Å². The monoisotopic (exact) mass is 441 g/mol. The zero-order chi connectivity index (χ0) is 22.2. The molecule has 0 unspecified atom stereocenters. The standard InChI is InChI=1S/C20H22F3N3O3S/c1-4-30(28,29)15-9-5-13(6-10-15)12(2)11-26(14-7-8-14)20(27)16-17(18(21)22)24-25(3)19(16)23/h5-6,9-10,14,18H,2,4,7-8,11H2,1,3H3. The van der Waals surface area contributed by atoms with Crippen LogP contribution in [0.3, 0.4) is 0 Å². The fourth-order valence-electron chi connectivity index (χ4n) is 3.13. The van der Waals surface area contributed by atoms with Crippen LogP contribution in [0.2, 0.25) is 0 Å². The summed E-state index contributed by atoms with van der Waals surface area (Å²) in [5.74, 6) is -1.99. The summed E-state index contributed by atoms with van der Waals surface area (Å²) in [7, 11) is -2.19. The number of hydrogen-bond acceptors (Lipinski definition) is 4. The van der Waals surface area contributed by atoms with Gasteiger partial charge in [0.05, 0.1) is 10.6 Å². The molecule has 1 saturated carbocycles. The number of amides is 1. The summed E-state index contributed by atoms with van der Waals surface area (Å²) in [6.45, 7) is 5.49. The van der Waals surface area contributed by atoms with Crippen LogP contribution in [0.4, 0.5) is 13.2 Å². The molecule has 0 bridgehead atoms. The van der Waals surface area contributed by atoms with Crippen LogP contribution in [0.5, 0.6) is 0 Å². The SMILES string of the molecule is C=C(CN(C(=O)c1c(C(F)F)nn(C)c1F)C1CC1)c1ccc(S(=O)(=O)CC)cc1. The molecule has 1 amide bonds. The van der Waals surface area contributed by atoms with Gasteiger partial charge in [0.25, 0.3) is 12.3 Å². The molecule has 30 heavy (non-hydrogen) atoms. The van der Waals surface area contributed by atoms with Gasteiger partial charge in [-0.25, -0.2) is 21.9 Å². The predicted octanol–water partition coefficient (Wildman–Crippen LogP) is 3.61. The summed E-state index contributed by atoms with van der Waals surface area (Å²) >= 11 is 0. The number of carbonyl (C=O) groups excluding carboxylic acids is 1. The van der Waals surface area contributed by atoms with E-state index in [9.17, 15) is 26.4 Å². The van der Waals surface area contributed by atoms with E-state index < -0.39 is 39.4 Å². The van der Waals surface area contributed by atoms with Crippen molar-refractivity contribution in [1.29, 1.82) is 0 Å². The highest BCUT2D eigenvalue weighted by molar-refractivity contribution is 7.91. The highest BCUT2D eigenvalue weighted by atomic mass is 32.2. The highest BCUT2D eigenvalue weighted by Gasteiger charge is 2.38. The van der Waals surface area contributed by atoms with Crippen LogP contribution >= 0.6 is 0 Å². The molecule has 6 nitrogen and oxygen atoms in total. The quantitative estimate of drug-likeness (QED) is 0.628. The van der Waals surface area contributed by atoms with Crippen molar-refractivity contribution in [2.24, 2.45) is 7.05 Å². The Hall–Kier alpha value is -2.62. The number of rotatable bonds is 8. The summed E-state index contributed by atoms with van der Waals surface area (Å²) in [5.41, 5.74) is -0.523. The fourth-order valence-corrected chi connectivity index (χ4v) is 4.02. The molecule has 1 aromatic carbocycles. The van der Waals surface area contributed by atoms with Crippen molar-refractivity contribution >= 4 is 21.3 Å². The van der Waals surface area contributed by atoms with E-state index in [4.69, 9.17) is 0 Å². The van der Waals surface area contributed by atoms with Crippen molar-refractivity contribution < 1.29 is 26.4 Å². The van der Waals surface area contributed by atoms with Crippen molar-refractivity contribution in [3.05, 3.63) is 53.6 Å². The molecule has 1 heterocycles. The van der Waals surface area contributed by atoms with Gasteiger partial charge in [0.2, 0.25) is 5.95 Å². The lowest BCUT2D eigenvalue weighted by molar-refractivity contribution is 0.0747. The maximum atomic E-state index is 14.4. The van der Waals surface area contributed by atoms with E-state index in [1.54, 1.807) is 19.1 Å². The van der Waals surface area contributed by atoms with Crippen LogP contribution in [0.25, 0.3) is 5.57 Å². The first kappa shape index (κ1) is 22.1. The summed E-state index contributed by atoms with van der Waals surface area (Å²) < 4.78 is 65.4. The number of alkyl halides is 2. The third-order valence-corrected chi connectivity index (χ3v) is 6.79. The summed E-state index contributed by atoms with van der Waals surface area (Å²) in [4.78, 5) is 14.5. The van der Waals surface area contributed by atoms with E-state index in [2.05, 4.69) is 11.7 Å². The van der Waals surface area contributed by atoms with Gasteiger partial charge in [0, 0.05) is 19.6 Å². The molecule has 0 atom stereocenters. The molecule has 2 aromatic rings. The van der Waals surface area contributed by atoms with E-state index in [-0.39, 0.29) is 23.2 Å². The second-order valence-electron chi connectivity index (χ2n) is 7.17. The average molecular weight is 441 g/mol. The zero-order valence-corrected chi connectivity index (χ0v) is 17.4. The Bertz CT molecular complexity index is 1070. The molecule has 0 N–H and O–H groups in total. The number of halogens is 3. The van der Waals surface area contributed by atoms with E-state index >= 15 is 0 Å². The fraction of sp³-hybridized carbons (Fsp3) is 0.400. The first-order valence-corrected chi connectivity index (χ1v) is 11.0. The van der Waals surface area contributed by atoms with Crippen LogP contribution in [-0.2, 0) is 16.9 Å². The topological polar surface area (TPSA) is 72.3 Å². The van der Waals surface area contributed by atoms with Crippen LogP contribution in [0, 0.1) is 5.95 Å². The van der Waals surface area contributed by atoms with E-state index in [0.717, 1.165) is 7.05 Å². The molecule has 1 aromatic heterocycles. The van der Waals surface area contributed by atoms with Crippen LogP contribution in [-0.4, -0.2) is 47.3 Å². The molecule has 0 radical (unpaired) electrons. The number of benzene rings is 1. The summed E-state index contributed by atoms with van der Waals surface area (Å²) in [6, 6.07) is 5.88. The lowest BCUT2D eigenvalue weighted by Gasteiger charge is -2.24. The molecule has 0 spiro atoms. The van der Waals surface area contributed by atoms with Crippen molar-refractivity contribution in [2.75, 3.05) is 12.3 Å². The third kappa shape index (κ3) is 4.28. The molecule has 162 valence electrons. The Morgan fingerprint density at radius 1 is 1.30 bits per heavy atom. The first-order chi connectivity index (χ1) is 14.1. The molecule has 1 aliphatic rings. The minimum Gasteiger partial charge on any atom is -0.331 e. The molecule has 0 saturated heterocycles. The third-order valence-electron chi connectivity index (χ3n) is 5.04. The maximum Gasteiger partial charge on any atom is 0.283 e. The van der Waals surface area contributed by atoms with Gasteiger partial charge in [-0.1, -0.05) is 25.6 Å². The lowest BCUT2D eigenvalue weighted by atomic mass is 10.1.